The SMILES string of the molecule is COCC(CCl)NC(=O)C(C(F)(F)F)C(F)(F)F. The van der Waals surface area contributed by atoms with Gasteiger partial charge < -0.3 is 10.1 Å². The van der Waals surface area contributed by atoms with Crippen LogP contribution in [0, 0.1) is 5.92 Å². The van der Waals surface area contributed by atoms with Crippen molar-refractivity contribution in [3.8, 4) is 0 Å². The molecule has 3 nitrogen and oxygen atoms in total. The molecule has 0 fully saturated rings. The van der Waals surface area contributed by atoms with Crippen LogP contribution in [0.2, 0.25) is 0 Å². The summed E-state index contributed by atoms with van der Waals surface area (Å²) in [6, 6.07) is -1.13. The zero-order valence-electron chi connectivity index (χ0n) is 9.03. The molecule has 0 aliphatic heterocycles. The number of rotatable bonds is 5. The second kappa shape index (κ2) is 6.46. The van der Waals surface area contributed by atoms with E-state index in [0.29, 0.717) is 0 Å². The Balaban J connectivity index is 4.89. The third-order valence-corrected chi connectivity index (χ3v) is 2.19. The number of halogens is 7. The van der Waals surface area contributed by atoms with Gasteiger partial charge >= 0.3 is 12.4 Å². The zero-order valence-corrected chi connectivity index (χ0v) is 9.79. The van der Waals surface area contributed by atoms with Crippen LogP contribution in [0.25, 0.3) is 0 Å². The number of ether oxygens (including phenoxy) is 1. The molecule has 0 aromatic rings. The largest absolute Gasteiger partial charge is 0.409 e. The van der Waals surface area contributed by atoms with Gasteiger partial charge in [0.15, 0.2) is 0 Å². The van der Waals surface area contributed by atoms with Gasteiger partial charge in [0.05, 0.1) is 12.6 Å². The molecule has 0 aliphatic rings. The number of nitrogens with one attached hydrogen (secondary N) is 1. The maximum atomic E-state index is 12.2. The van der Waals surface area contributed by atoms with Crippen molar-refractivity contribution in [2.24, 2.45) is 5.92 Å². The number of carbonyl (C=O) groups is 1. The standard InChI is InChI=1S/C8H10ClF6NO2/c1-18-3-4(2-9)16-6(17)5(7(10,11)12)8(13,14)15/h4-5H,2-3H2,1H3,(H,16,17). The molecular weight excluding hydrogens is 292 g/mol. The van der Waals surface area contributed by atoms with Crippen molar-refractivity contribution in [3.05, 3.63) is 0 Å². The highest BCUT2D eigenvalue weighted by Crippen LogP contribution is 2.39. The summed E-state index contributed by atoms with van der Waals surface area (Å²) in [7, 11) is 1.16. The lowest BCUT2D eigenvalue weighted by Crippen LogP contribution is -2.51. The van der Waals surface area contributed by atoms with E-state index in [2.05, 4.69) is 4.74 Å². The molecule has 0 aliphatic carbocycles. The summed E-state index contributed by atoms with van der Waals surface area (Å²) in [5, 5.41) is 1.54. The molecule has 0 radical (unpaired) electrons. The highest BCUT2D eigenvalue weighted by Gasteiger charge is 2.61. The molecule has 1 atom stereocenters. The molecule has 0 aromatic heterocycles. The Hall–Kier alpha value is -0.700. The summed E-state index contributed by atoms with van der Waals surface area (Å²) in [6.45, 7) is -0.294. The summed E-state index contributed by atoms with van der Waals surface area (Å²) in [4.78, 5) is 11.0. The van der Waals surface area contributed by atoms with Gasteiger partial charge in [0.25, 0.3) is 0 Å². The Morgan fingerprint density at radius 2 is 1.67 bits per heavy atom. The van der Waals surface area contributed by atoms with Crippen molar-refractivity contribution in [2.75, 3.05) is 19.6 Å². The minimum Gasteiger partial charge on any atom is -0.383 e. The molecule has 0 heterocycles. The third-order valence-electron chi connectivity index (χ3n) is 1.82. The minimum atomic E-state index is -5.72. The van der Waals surface area contributed by atoms with Gasteiger partial charge in [-0.15, -0.1) is 11.6 Å². The number of hydrogen-bond acceptors (Lipinski definition) is 2. The fraction of sp³-hybridized carbons (Fsp3) is 0.875. The van der Waals surface area contributed by atoms with E-state index >= 15 is 0 Å². The maximum Gasteiger partial charge on any atom is 0.409 e. The first-order valence-corrected chi connectivity index (χ1v) is 5.06. The van der Waals surface area contributed by atoms with E-state index in [0.717, 1.165) is 7.11 Å². The van der Waals surface area contributed by atoms with Crippen LogP contribution in [0.1, 0.15) is 0 Å². The Bertz CT molecular complexity index is 266. The van der Waals surface area contributed by atoms with Crippen molar-refractivity contribution in [1.82, 2.24) is 5.32 Å². The van der Waals surface area contributed by atoms with E-state index in [9.17, 15) is 31.1 Å². The number of methoxy groups -OCH3 is 1. The summed E-state index contributed by atoms with van der Waals surface area (Å²) < 4.78 is 77.5. The van der Waals surface area contributed by atoms with Gasteiger partial charge in [-0.1, -0.05) is 0 Å². The molecule has 18 heavy (non-hydrogen) atoms. The van der Waals surface area contributed by atoms with Gasteiger partial charge in [0.2, 0.25) is 11.8 Å². The molecule has 10 heteroatoms. The second-order valence-electron chi connectivity index (χ2n) is 3.33. The Kier molecular flexibility index (Phi) is 6.21. The quantitative estimate of drug-likeness (QED) is 0.624. The number of amides is 1. The average molecular weight is 302 g/mol. The van der Waals surface area contributed by atoms with Gasteiger partial charge in [0, 0.05) is 13.0 Å². The molecular formula is C8H10ClF6NO2. The lowest BCUT2D eigenvalue weighted by atomic mass is 10.1. The van der Waals surface area contributed by atoms with Gasteiger partial charge in [-0.2, -0.15) is 26.3 Å². The average Bonchev–Trinajstić information content (AvgIpc) is 2.11. The van der Waals surface area contributed by atoms with Crippen LogP contribution in [0.5, 0.6) is 0 Å². The van der Waals surface area contributed by atoms with E-state index in [1.54, 1.807) is 5.32 Å². The molecule has 0 rings (SSSR count). The first kappa shape index (κ1) is 17.3. The number of hydrogen-bond donors (Lipinski definition) is 1. The van der Waals surface area contributed by atoms with Crippen LogP contribution in [-0.2, 0) is 9.53 Å². The Morgan fingerprint density at radius 1 is 1.22 bits per heavy atom. The lowest BCUT2D eigenvalue weighted by molar-refractivity contribution is -0.274. The molecule has 108 valence electrons. The Morgan fingerprint density at radius 3 is 1.94 bits per heavy atom. The molecule has 0 saturated carbocycles. The van der Waals surface area contributed by atoms with E-state index in [-0.39, 0.29) is 12.5 Å². The minimum absolute atomic E-state index is 0.294. The molecule has 1 unspecified atom stereocenters. The van der Waals surface area contributed by atoms with Crippen molar-refractivity contribution >= 4 is 17.5 Å². The number of carbonyl (C=O) groups excluding carboxylic acids is 1. The van der Waals surface area contributed by atoms with Crippen molar-refractivity contribution in [2.45, 2.75) is 18.4 Å². The molecule has 1 N–H and O–H groups in total. The maximum absolute atomic E-state index is 12.2. The lowest BCUT2D eigenvalue weighted by Gasteiger charge is -2.24. The zero-order chi connectivity index (χ0) is 14.6. The first-order valence-electron chi connectivity index (χ1n) is 4.52. The van der Waals surface area contributed by atoms with Gasteiger partial charge in [0.1, 0.15) is 0 Å². The molecule has 0 bridgehead atoms. The predicted octanol–water partition coefficient (Wildman–Crippen LogP) is 2.10. The van der Waals surface area contributed by atoms with Crippen molar-refractivity contribution < 1.29 is 35.9 Å². The Labute approximate surface area is 103 Å². The number of alkyl halides is 7. The van der Waals surface area contributed by atoms with E-state index in [1.165, 1.54) is 0 Å². The van der Waals surface area contributed by atoms with Crippen LogP contribution in [0.3, 0.4) is 0 Å². The highest BCUT2D eigenvalue weighted by molar-refractivity contribution is 6.18. The summed E-state index contributed by atoms with van der Waals surface area (Å²) in [5.41, 5.74) is 0. The normalized spacial score (nSPS) is 14.7. The molecule has 0 saturated heterocycles. The van der Waals surface area contributed by atoms with E-state index in [4.69, 9.17) is 11.6 Å². The fourth-order valence-corrected chi connectivity index (χ4v) is 1.26. The fourth-order valence-electron chi connectivity index (χ4n) is 1.09. The highest BCUT2D eigenvalue weighted by atomic mass is 35.5. The van der Waals surface area contributed by atoms with Crippen molar-refractivity contribution in [3.63, 3.8) is 0 Å². The smallest absolute Gasteiger partial charge is 0.383 e. The van der Waals surface area contributed by atoms with Gasteiger partial charge in [-0.05, 0) is 0 Å². The van der Waals surface area contributed by atoms with E-state index in [1.807, 2.05) is 0 Å². The monoisotopic (exact) mass is 301 g/mol. The predicted molar refractivity (Wildman–Crippen MR) is 50.1 cm³/mol. The molecule has 0 aromatic carbocycles. The van der Waals surface area contributed by atoms with Crippen LogP contribution in [-0.4, -0.2) is 43.9 Å². The van der Waals surface area contributed by atoms with Crippen LogP contribution in [0.15, 0.2) is 0 Å². The summed E-state index contributed by atoms with van der Waals surface area (Å²) in [6.07, 6.45) is -11.4. The van der Waals surface area contributed by atoms with Gasteiger partial charge in [-0.25, -0.2) is 0 Å². The van der Waals surface area contributed by atoms with Crippen LogP contribution >= 0.6 is 11.6 Å². The summed E-state index contributed by atoms with van der Waals surface area (Å²) in [5.74, 6) is -6.65. The third kappa shape index (κ3) is 5.30. The molecule has 1 amide bonds. The first-order chi connectivity index (χ1) is 8.04. The van der Waals surface area contributed by atoms with Crippen molar-refractivity contribution in [1.29, 1.82) is 0 Å². The topological polar surface area (TPSA) is 38.3 Å². The second-order valence-corrected chi connectivity index (χ2v) is 3.64. The van der Waals surface area contributed by atoms with Crippen LogP contribution in [0.4, 0.5) is 26.3 Å². The van der Waals surface area contributed by atoms with Gasteiger partial charge in [-0.3, -0.25) is 4.79 Å². The van der Waals surface area contributed by atoms with E-state index < -0.39 is 30.2 Å². The summed E-state index contributed by atoms with van der Waals surface area (Å²) >= 11 is 5.27. The molecule has 0 spiro atoms. The van der Waals surface area contributed by atoms with Crippen LogP contribution < -0.4 is 5.32 Å².